The molecule has 1 rings (SSSR count). The maximum Gasteiger partial charge on any atom is 0.226 e. The molecule has 3 unspecified atom stereocenters. The van der Waals surface area contributed by atoms with Crippen LogP contribution in [0.1, 0.15) is 47.5 Å². The highest BCUT2D eigenvalue weighted by molar-refractivity contribution is 5.80. The van der Waals surface area contributed by atoms with E-state index in [2.05, 4.69) is 34.6 Å². The van der Waals surface area contributed by atoms with Crippen LogP contribution >= 0.6 is 0 Å². The summed E-state index contributed by atoms with van der Waals surface area (Å²) in [6.07, 6.45) is 1.84. The van der Waals surface area contributed by atoms with Crippen molar-refractivity contribution in [1.82, 2.24) is 4.90 Å². The Labute approximate surface area is 124 Å². The molecule has 20 heavy (non-hydrogen) atoms. The van der Waals surface area contributed by atoms with Gasteiger partial charge in [0, 0.05) is 31.7 Å². The average molecular weight is 284 g/mol. The fourth-order valence-corrected chi connectivity index (χ4v) is 3.30. The maximum atomic E-state index is 12.9. The first-order valence-corrected chi connectivity index (χ1v) is 7.78. The molecule has 2 N–H and O–H groups in total. The van der Waals surface area contributed by atoms with Gasteiger partial charge in [-0.3, -0.25) is 4.79 Å². The summed E-state index contributed by atoms with van der Waals surface area (Å²) in [7, 11) is 1.68. The number of hydrogen-bond donors (Lipinski definition) is 1. The van der Waals surface area contributed by atoms with Crippen LogP contribution in [0.5, 0.6) is 0 Å². The molecule has 0 saturated heterocycles. The van der Waals surface area contributed by atoms with Crippen LogP contribution in [0.25, 0.3) is 0 Å². The van der Waals surface area contributed by atoms with E-state index >= 15 is 0 Å². The summed E-state index contributed by atoms with van der Waals surface area (Å²) in [5.74, 6) is 0.694. The quantitative estimate of drug-likeness (QED) is 0.842. The predicted molar refractivity (Wildman–Crippen MR) is 82.4 cm³/mol. The van der Waals surface area contributed by atoms with E-state index in [1.165, 1.54) is 0 Å². The van der Waals surface area contributed by atoms with Crippen LogP contribution in [0.4, 0.5) is 0 Å². The van der Waals surface area contributed by atoms with Gasteiger partial charge in [0.2, 0.25) is 5.91 Å². The standard InChI is InChI=1S/C16H32N2O2/c1-11(2)18(9-10-20-6)15(19)13-7-8-14(17)12(3)16(13,4)5/h11-14H,7-10,17H2,1-6H3. The Bertz CT molecular complexity index is 328. The van der Waals surface area contributed by atoms with E-state index in [9.17, 15) is 4.79 Å². The fourth-order valence-electron chi connectivity index (χ4n) is 3.30. The number of amides is 1. The van der Waals surface area contributed by atoms with Crippen molar-refractivity contribution >= 4 is 5.91 Å². The zero-order valence-electron chi connectivity index (χ0n) is 14.0. The van der Waals surface area contributed by atoms with Crippen molar-refractivity contribution in [3.63, 3.8) is 0 Å². The van der Waals surface area contributed by atoms with Gasteiger partial charge in [0.25, 0.3) is 0 Å². The smallest absolute Gasteiger partial charge is 0.226 e. The molecule has 1 aliphatic rings. The molecule has 0 aliphatic heterocycles. The van der Waals surface area contributed by atoms with Crippen LogP contribution in [0.15, 0.2) is 0 Å². The molecular weight excluding hydrogens is 252 g/mol. The number of methoxy groups -OCH3 is 1. The first-order valence-electron chi connectivity index (χ1n) is 7.78. The van der Waals surface area contributed by atoms with Crippen LogP contribution in [-0.4, -0.2) is 43.2 Å². The van der Waals surface area contributed by atoms with Gasteiger partial charge >= 0.3 is 0 Å². The van der Waals surface area contributed by atoms with Crippen LogP contribution in [0.2, 0.25) is 0 Å². The second-order valence-corrected chi connectivity index (χ2v) is 7.02. The predicted octanol–water partition coefficient (Wildman–Crippen LogP) is 2.27. The number of nitrogens with zero attached hydrogens (tertiary/aromatic N) is 1. The van der Waals surface area contributed by atoms with E-state index in [4.69, 9.17) is 10.5 Å². The summed E-state index contributed by atoms with van der Waals surface area (Å²) >= 11 is 0. The van der Waals surface area contributed by atoms with Crippen molar-refractivity contribution in [2.45, 2.75) is 59.5 Å². The number of rotatable bonds is 5. The molecule has 1 saturated carbocycles. The lowest BCUT2D eigenvalue weighted by Crippen LogP contribution is -2.54. The first kappa shape index (κ1) is 17.4. The van der Waals surface area contributed by atoms with Gasteiger partial charge in [0.05, 0.1) is 6.61 Å². The summed E-state index contributed by atoms with van der Waals surface area (Å²) in [4.78, 5) is 14.9. The van der Waals surface area contributed by atoms with Gasteiger partial charge in [-0.15, -0.1) is 0 Å². The summed E-state index contributed by atoms with van der Waals surface area (Å²) in [5.41, 5.74) is 6.14. The molecule has 4 nitrogen and oxygen atoms in total. The number of carbonyl (C=O) groups is 1. The van der Waals surface area contributed by atoms with Crippen molar-refractivity contribution < 1.29 is 9.53 Å². The lowest BCUT2D eigenvalue weighted by Gasteiger charge is -2.47. The minimum absolute atomic E-state index is 0.0467. The molecule has 1 amide bonds. The molecule has 1 fully saturated rings. The molecule has 118 valence electrons. The van der Waals surface area contributed by atoms with E-state index in [1.54, 1.807) is 7.11 Å². The van der Waals surface area contributed by atoms with Gasteiger partial charge in [-0.05, 0) is 38.0 Å². The van der Waals surface area contributed by atoms with Gasteiger partial charge in [-0.1, -0.05) is 20.8 Å². The minimum atomic E-state index is -0.0467. The van der Waals surface area contributed by atoms with E-state index in [0.29, 0.717) is 19.1 Å². The normalized spacial score (nSPS) is 29.5. The SMILES string of the molecule is COCCN(C(=O)C1CCC(N)C(C)C1(C)C)C(C)C. The molecule has 0 aromatic rings. The maximum absolute atomic E-state index is 12.9. The van der Waals surface area contributed by atoms with Gasteiger partial charge < -0.3 is 15.4 Å². The highest BCUT2D eigenvalue weighted by Gasteiger charge is 2.46. The molecule has 0 bridgehead atoms. The monoisotopic (exact) mass is 284 g/mol. The molecule has 0 heterocycles. The lowest BCUT2D eigenvalue weighted by atomic mass is 9.60. The topological polar surface area (TPSA) is 55.6 Å². The summed E-state index contributed by atoms with van der Waals surface area (Å²) in [6, 6.07) is 0.417. The van der Waals surface area contributed by atoms with Crippen molar-refractivity contribution in [1.29, 1.82) is 0 Å². The van der Waals surface area contributed by atoms with Crippen molar-refractivity contribution in [2.75, 3.05) is 20.3 Å². The molecule has 0 radical (unpaired) electrons. The zero-order chi connectivity index (χ0) is 15.5. The Morgan fingerprint density at radius 2 is 2.00 bits per heavy atom. The second-order valence-electron chi connectivity index (χ2n) is 7.02. The van der Waals surface area contributed by atoms with E-state index in [1.807, 2.05) is 4.90 Å². The Hall–Kier alpha value is -0.610. The summed E-state index contributed by atoms with van der Waals surface area (Å²) < 4.78 is 5.14. The van der Waals surface area contributed by atoms with E-state index < -0.39 is 0 Å². The Balaban J connectivity index is 2.88. The number of ether oxygens (including phenoxy) is 1. The highest BCUT2D eigenvalue weighted by atomic mass is 16.5. The van der Waals surface area contributed by atoms with Gasteiger partial charge in [-0.25, -0.2) is 0 Å². The van der Waals surface area contributed by atoms with Gasteiger partial charge in [-0.2, -0.15) is 0 Å². The van der Waals surface area contributed by atoms with Crippen LogP contribution in [0, 0.1) is 17.3 Å². The van der Waals surface area contributed by atoms with Gasteiger partial charge in [0.15, 0.2) is 0 Å². The van der Waals surface area contributed by atoms with Crippen molar-refractivity contribution in [2.24, 2.45) is 23.0 Å². The molecule has 4 heteroatoms. The zero-order valence-corrected chi connectivity index (χ0v) is 14.0. The summed E-state index contributed by atoms with van der Waals surface area (Å²) in [6.45, 7) is 11.9. The average Bonchev–Trinajstić information content (AvgIpc) is 2.36. The van der Waals surface area contributed by atoms with Gasteiger partial charge in [0.1, 0.15) is 0 Å². The molecule has 0 aromatic carbocycles. The number of hydrogen-bond acceptors (Lipinski definition) is 3. The Kier molecular flexibility index (Phi) is 6.02. The molecular formula is C16H32N2O2. The third-order valence-corrected chi connectivity index (χ3v) is 5.24. The third kappa shape index (κ3) is 3.53. The Morgan fingerprint density at radius 3 is 2.50 bits per heavy atom. The Morgan fingerprint density at radius 1 is 1.40 bits per heavy atom. The lowest BCUT2D eigenvalue weighted by molar-refractivity contribution is -0.146. The number of nitrogens with two attached hydrogens (primary N) is 1. The highest BCUT2D eigenvalue weighted by Crippen LogP contribution is 2.45. The van der Waals surface area contributed by atoms with Crippen LogP contribution in [-0.2, 0) is 9.53 Å². The van der Waals surface area contributed by atoms with Crippen LogP contribution in [0.3, 0.4) is 0 Å². The first-order chi connectivity index (χ1) is 9.23. The van der Waals surface area contributed by atoms with Crippen molar-refractivity contribution in [3.05, 3.63) is 0 Å². The number of carbonyl (C=O) groups excluding carboxylic acids is 1. The third-order valence-electron chi connectivity index (χ3n) is 5.24. The molecule has 0 aromatic heterocycles. The second kappa shape index (κ2) is 6.90. The fraction of sp³-hybridized carbons (Fsp3) is 0.938. The van der Waals surface area contributed by atoms with Crippen LogP contribution < -0.4 is 5.73 Å². The van der Waals surface area contributed by atoms with E-state index in [0.717, 1.165) is 12.8 Å². The minimum Gasteiger partial charge on any atom is -0.383 e. The van der Waals surface area contributed by atoms with E-state index in [-0.39, 0.29) is 29.3 Å². The molecule has 1 aliphatic carbocycles. The largest absolute Gasteiger partial charge is 0.383 e. The summed E-state index contributed by atoms with van der Waals surface area (Å²) in [5, 5.41) is 0. The molecule has 0 spiro atoms. The van der Waals surface area contributed by atoms with Crippen molar-refractivity contribution in [3.8, 4) is 0 Å². The molecule has 3 atom stereocenters.